The van der Waals surface area contributed by atoms with Crippen molar-refractivity contribution in [2.45, 2.75) is 19.3 Å². The van der Waals surface area contributed by atoms with Gasteiger partial charge in [-0.25, -0.2) is 0 Å². The van der Waals surface area contributed by atoms with Gasteiger partial charge in [0.1, 0.15) is 6.29 Å². The van der Waals surface area contributed by atoms with Crippen LogP contribution < -0.4 is 11.1 Å². The number of rotatable bonds is 4. The first-order valence-electron chi connectivity index (χ1n) is 5.71. The fraction of sp³-hybridized carbons (Fsp3) is 0.818. The minimum absolute atomic E-state index is 0.111. The first-order valence-corrected chi connectivity index (χ1v) is 5.71. The summed E-state index contributed by atoms with van der Waals surface area (Å²) in [5, 5.41) is 2.78. The van der Waals surface area contributed by atoms with Crippen LogP contribution in [-0.4, -0.2) is 50.8 Å². The van der Waals surface area contributed by atoms with Gasteiger partial charge in [0.05, 0.1) is 0 Å². The smallest absolute Gasteiger partial charge is 0.223 e. The highest BCUT2D eigenvalue weighted by molar-refractivity contribution is 5.78. The van der Waals surface area contributed by atoms with Crippen LogP contribution in [0.3, 0.4) is 0 Å². The number of aldehydes is 1. The van der Waals surface area contributed by atoms with Crippen LogP contribution in [0, 0.1) is 5.92 Å². The molecule has 94 valence electrons. The molecule has 1 heterocycles. The van der Waals surface area contributed by atoms with Crippen molar-refractivity contribution in [3.8, 4) is 0 Å². The molecule has 1 aliphatic heterocycles. The third kappa shape index (κ3) is 5.82. The van der Waals surface area contributed by atoms with Crippen molar-refractivity contribution in [1.29, 1.82) is 0 Å². The van der Waals surface area contributed by atoms with E-state index in [1.807, 2.05) is 0 Å². The monoisotopic (exact) mass is 229 g/mol. The van der Waals surface area contributed by atoms with Gasteiger partial charge >= 0.3 is 0 Å². The Morgan fingerprint density at radius 3 is 2.50 bits per heavy atom. The Kier molecular flexibility index (Phi) is 8.75. The number of piperidine rings is 1. The second-order valence-electron chi connectivity index (χ2n) is 3.82. The van der Waals surface area contributed by atoms with Crippen LogP contribution in [0.15, 0.2) is 0 Å². The Morgan fingerprint density at radius 2 is 2.00 bits per heavy atom. The molecule has 0 unspecified atom stereocenters. The van der Waals surface area contributed by atoms with Gasteiger partial charge in [-0.1, -0.05) is 0 Å². The molecule has 5 nitrogen and oxygen atoms in total. The molecule has 3 N–H and O–H groups in total. The van der Waals surface area contributed by atoms with E-state index in [-0.39, 0.29) is 11.8 Å². The molecule has 0 aliphatic carbocycles. The van der Waals surface area contributed by atoms with E-state index in [9.17, 15) is 9.59 Å². The van der Waals surface area contributed by atoms with Gasteiger partial charge in [0.2, 0.25) is 5.91 Å². The molecule has 1 fully saturated rings. The molecule has 0 spiro atoms. The van der Waals surface area contributed by atoms with Crippen LogP contribution in [-0.2, 0) is 9.59 Å². The third-order valence-electron chi connectivity index (χ3n) is 2.65. The number of nitrogens with two attached hydrogens (primary N) is 1. The molecule has 1 saturated heterocycles. The Balaban J connectivity index is 0.00000106. The lowest BCUT2D eigenvalue weighted by Gasteiger charge is -2.27. The Hall–Kier alpha value is -0.940. The summed E-state index contributed by atoms with van der Waals surface area (Å²) in [6, 6.07) is 0. The normalized spacial score (nSPS) is 17.2. The maximum Gasteiger partial charge on any atom is 0.223 e. The number of nitrogens with zero attached hydrogens (tertiary/aromatic N) is 1. The number of nitrogens with one attached hydrogen (secondary N) is 1. The van der Waals surface area contributed by atoms with E-state index in [1.54, 1.807) is 0 Å². The van der Waals surface area contributed by atoms with Crippen molar-refractivity contribution < 1.29 is 9.59 Å². The topological polar surface area (TPSA) is 75.4 Å². The highest BCUT2D eigenvalue weighted by Gasteiger charge is 2.22. The lowest BCUT2D eigenvalue weighted by atomic mass is 9.96. The SMILES string of the molecule is CN.CN1CCC(C(=O)NCCC=O)CC1. The molecule has 1 aliphatic rings. The van der Waals surface area contributed by atoms with Gasteiger partial charge in [-0.2, -0.15) is 0 Å². The summed E-state index contributed by atoms with van der Waals surface area (Å²) >= 11 is 0. The van der Waals surface area contributed by atoms with Crippen LogP contribution in [0.5, 0.6) is 0 Å². The van der Waals surface area contributed by atoms with Crippen molar-refractivity contribution in [2.75, 3.05) is 33.7 Å². The Bertz CT molecular complexity index is 201. The highest BCUT2D eigenvalue weighted by Crippen LogP contribution is 2.15. The molecule has 1 rings (SSSR count). The molecular weight excluding hydrogens is 206 g/mol. The summed E-state index contributed by atoms with van der Waals surface area (Å²) in [6.45, 7) is 2.46. The minimum atomic E-state index is 0.111. The van der Waals surface area contributed by atoms with Gasteiger partial charge in [-0.3, -0.25) is 4.79 Å². The van der Waals surface area contributed by atoms with Crippen molar-refractivity contribution in [3.63, 3.8) is 0 Å². The fourth-order valence-electron chi connectivity index (χ4n) is 1.67. The van der Waals surface area contributed by atoms with Crippen LogP contribution in [0.2, 0.25) is 0 Å². The van der Waals surface area contributed by atoms with Crippen molar-refractivity contribution >= 4 is 12.2 Å². The second kappa shape index (κ2) is 9.30. The zero-order chi connectivity index (χ0) is 12.4. The van der Waals surface area contributed by atoms with E-state index in [0.29, 0.717) is 13.0 Å². The Labute approximate surface area is 97.4 Å². The van der Waals surface area contributed by atoms with E-state index in [2.05, 4.69) is 23.0 Å². The molecule has 0 saturated carbocycles. The van der Waals surface area contributed by atoms with Crippen LogP contribution in [0.1, 0.15) is 19.3 Å². The van der Waals surface area contributed by atoms with Crippen molar-refractivity contribution in [1.82, 2.24) is 10.2 Å². The zero-order valence-corrected chi connectivity index (χ0v) is 10.2. The average Bonchev–Trinajstić information content (AvgIpc) is 2.33. The molecule has 5 heteroatoms. The van der Waals surface area contributed by atoms with E-state index >= 15 is 0 Å². The fourth-order valence-corrected chi connectivity index (χ4v) is 1.67. The predicted octanol–water partition coefficient (Wildman–Crippen LogP) is -0.392. The summed E-state index contributed by atoms with van der Waals surface area (Å²) < 4.78 is 0. The largest absolute Gasteiger partial charge is 0.355 e. The van der Waals surface area contributed by atoms with Gasteiger partial charge < -0.3 is 20.7 Å². The molecule has 0 aromatic rings. The van der Waals surface area contributed by atoms with E-state index in [0.717, 1.165) is 32.2 Å². The second-order valence-corrected chi connectivity index (χ2v) is 3.82. The number of hydrogen-bond acceptors (Lipinski definition) is 4. The maximum absolute atomic E-state index is 11.5. The van der Waals surface area contributed by atoms with Crippen LogP contribution >= 0.6 is 0 Å². The predicted molar refractivity (Wildman–Crippen MR) is 64.0 cm³/mol. The van der Waals surface area contributed by atoms with E-state index < -0.39 is 0 Å². The van der Waals surface area contributed by atoms with Crippen LogP contribution in [0.4, 0.5) is 0 Å². The number of hydrogen-bond donors (Lipinski definition) is 2. The number of carbonyl (C=O) groups is 2. The van der Waals surface area contributed by atoms with E-state index in [4.69, 9.17) is 0 Å². The summed E-state index contributed by atoms with van der Waals surface area (Å²) in [4.78, 5) is 23.8. The molecule has 0 aromatic carbocycles. The summed E-state index contributed by atoms with van der Waals surface area (Å²) in [7, 11) is 3.57. The maximum atomic E-state index is 11.5. The first kappa shape index (κ1) is 15.1. The Morgan fingerprint density at radius 1 is 1.44 bits per heavy atom. The molecule has 0 radical (unpaired) electrons. The number of amides is 1. The molecule has 1 amide bonds. The average molecular weight is 229 g/mol. The van der Waals surface area contributed by atoms with Gasteiger partial charge in [-0.15, -0.1) is 0 Å². The van der Waals surface area contributed by atoms with Gasteiger partial charge in [0.25, 0.3) is 0 Å². The standard InChI is InChI=1S/C10H18N2O2.CH5N/c1-12-6-3-9(4-7-12)10(14)11-5-2-8-13;1-2/h8-9H,2-7H2,1H3,(H,11,14);2H2,1H3. The summed E-state index contributed by atoms with van der Waals surface area (Å²) in [5.74, 6) is 0.262. The zero-order valence-electron chi connectivity index (χ0n) is 10.2. The van der Waals surface area contributed by atoms with E-state index in [1.165, 1.54) is 7.05 Å². The van der Waals surface area contributed by atoms with Crippen molar-refractivity contribution in [2.24, 2.45) is 11.7 Å². The van der Waals surface area contributed by atoms with Gasteiger partial charge in [0.15, 0.2) is 0 Å². The molecule has 0 atom stereocenters. The van der Waals surface area contributed by atoms with Crippen molar-refractivity contribution in [3.05, 3.63) is 0 Å². The third-order valence-corrected chi connectivity index (χ3v) is 2.65. The lowest BCUT2D eigenvalue weighted by Crippen LogP contribution is -2.39. The quantitative estimate of drug-likeness (QED) is 0.508. The molecule has 0 aromatic heterocycles. The minimum Gasteiger partial charge on any atom is -0.355 e. The molecular formula is C11H23N3O2. The summed E-state index contributed by atoms with van der Waals surface area (Å²) in [5.41, 5.74) is 4.50. The summed E-state index contributed by atoms with van der Waals surface area (Å²) in [6.07, 6.45) is 3.11. The van der Waals surface area contributed by atoms with Crippen LogP contribution in [0.25, 0.3) is 0 Å². The molecule has 16 heavy (non-hydrogen) atoms. The number of carbonyl (C=O) groups excluding carboxylic acids is 2. The molecule has 0 bridgehead atoms. The number of likely N-dealkylation sites (tertiary alicyclic amines) is 1. The first-order chi connectivity index (χ1) is 7.74. The van der Waals surface area contributed by atoms with Gasteiger partial charge in [-0.05, 0) is 40.0 Å². The lowest BCUT2D eigenvalue weighted by molar-refractivity contribution is -0.126. The highest BCUT2D eigenvalue weighted by atomic mass is 16.2. The van der Waals surface area contributed by atoms with Gasteiger partial charge in [0, 0.05) is 18.9 Å².